The van der Waals surface area contributed by atoms with Gasteiger partial charge in [0.2, 0.25) is 0 Å². The Balaban J connectivity index is 2.15. The first kappa shape index (κ1) is 14.1. The summed E-state index contributed by atoms with van der Waals surface area (Å²) in [5.74, 6) is -0.198. The third-order valence-electron chi connectivity index (χ3n) is 3.92. The lowest BCUT2D eigenvalue weighted by Gasteiger charge is -2.15. The quantitative estimate of drug-likeness (QED) is 0.515. The summed E-state index contributed by atoms with van der Waals surface area (Å²) in [7, 11) is 0. The van der Waals surface area contributed by atoms with Crippen molar-refractivity contribution in [2.75, 3.05) is 0 Å². The zero-order chi connectivity index (χ0) is 15.0. The van der Waals surface area contributed by atoms with Gasteiger partial charge in [0.05, 0.1) is 5.38 Å². The van der Waals surface area contributed by atoms with Crippen LogP contribution in [0.4, 0.5) is 4.39 Å². The molecule has 0 radical (unpaired) electrons. The van der Waals surface area contributed by atoms with Crippen LogP contribution in [-0.2, 0) is 0 Å². The molecule has 0 saturated carbocycles. The van der Waals surface area contributed by atoms with Crippen molar-refractivity contribution >= 4 is 22.4 Å². The van der Waals surface area contributed by atoms with Gasteiger partial charge in [0.15, 0.2) is 0 Å². The van der Waals surface area contributed by atoms with Gasteiger partial charge in [0, 0.05) is 0 Å². The molecule has 0 aliphatic heterocycles. The van der Waals surface area contributed by atoms with E-state index in [1.54, 1.807) is 13.0 Å². The molecule has 21 heavy (non-hydrogen) atoms. The van der Waals surface area contributed by atoms with Crippen LogP contribution in [-0.4, -0.2) is 0 Å². The molecule has 3 aromatic carbocycles. The molecule has 0 fully saturated rings. The molecule has 0 nitrogen and oxygen atoms in total. The Morgan fingerprint density at radius 2 is 1.57 bits per heavy atom. The largest absolute Gasteiger partial charge is 0.207 e. The first-order valence-electron chi connectivity index (χ1n) is 6.96. The summed E-state index contributed by atoms with van der Waals surface area (Å²) in [5.41, 5.74) is 3.83. The molecule has 106 valence electrons. The summed E-state index contributed by atoms with van der Waals surface area (Å²) in [6.07, 6.45) is 0. The van der Waals surface area contributed by atoms with Gasteiger partial charge in [0.1, 0.15) is 5.82 Å². The van der Waals surface area contributed by atoms with Gasteiger partial charge in [-0.15, -0.1) is 11.6 Å². The SMILES string of the molecule is Cc1cc(C(Cl)c2ccc(C)c3ccccc23)ccc1F. The molecule has 0 N–H and O–H groups in total. The van der Waals surface area contributed by atoms with Gasteiger partial charge in [-0.25, -0.2) is 4.39 Å². The molecule has 0 aliphatic carbocycles. The maximum atomic E-state index is 13.4. The molecular formula is C19H16ClF. The minimum absolute atomic E-state index is 0.198. The number of fused-ring (bicyclic) bond motifs is 1. The van der Waals surface area contributed by atoms with Crippen LogP contribution in [0.5, 0.6) is 0 Å². The Kier molecular flexibility index (Phi) is 3.69. The molecule has 0 saturated heterocycles. The van der Waals surface area contributed by atoms with Crippen LogP contribution < -0.4 is 0 Å². The number of benzene rings is 3. The fraction of sp³-hybridized carbons (Fsp3) is 0.158. The molecule has 0 heterocycles. The second-order valence-corrected chi connectivity index (χ2v) is 5.82. The summed E-state index contributed by atoms with van der Waals surface area (Å²) in [6, 6.07) is 17.5. The molecule has 0 bridgehead atoms. The van der Waals surface area contributed by atoms with E-state index in [1.165, 1.54) is 17.0 Å². The third-order valence-corrected chi connectivity index (χ3v) is 4.41. The van der Waals surface area contributed by atoms with Crippen LogP contribution in [0.15, 0.2) is 54.6 Å². The number of halogens is 2. The van der Waals surface area contributed by atoms with Gasteiger partial charge >= 0.3 is 0 Å². The normalized spacial score (nSPS) is 12.6. The lowest BCUT2D eigenvalue weighted by Crippen LogP contribution is -1.97. The van der Waals surface area contributed by atoms with Crippen molar-refractivity contribution < 1.29 is 4.39 Å². The fourth-order valence-electron chi connectivity index (χ4n) is 2.70. The Bertz CT molecular complexity index is 808. The third kappa shape index (κ3) is 2.54. The maximum Gasteiger partial charge on any atom is 0.126 e. The van der Waals surface area contributed by atoms with Gasteiger partial charge in [-0.3, -0.25) is 0 Å². The zero-order valence-corrected chi connectivity index (χ0v) is 12.8. The minimum atomic E-state index is -0.283. The first-order valence-corrected chi connectivity index (χ1v) is 7.40. The molecule has 0 amide bonds. The lowest BCUT2D eigenvalue weighted by molar-refractivity contribution is 0.617. The standard InChI is InChI=1S/C19H16ClF/c1-12-7-9-17(16-6-4-3-5-15(12)16)19(20)14-8-10-18(21)13(2)11-14/h3-11,19H,1-2H3. The van der Waals surface area contributed by atoms with E-state index >= 15 is 0 Å². The molecule has 3 aromatic rings. The van der Waals surface area contributed by atoms with Crippen molar-refractivity contribution in [1.29, 1.82) is 0 Å². The van der Waals surface area contributed by atoms with Gasteiger partial charge in [-0.05, 0) is 52.9 Å². The predicted octanol–water partition coefficient (Wildman–Crippen LogP) is 5.92. The minimum Gasteiger partial charge on any atom is -0.207 e. The molecule has 2 heteroatoms. The van der Waals surface area contributed by atoms with Crippen molar-refractivity contribution in [1.82, 2.24) is 0 Å². The second kappa shape index (κ2) is 5.50. The predicted molar refractivity (Wildman–Crippen MR) is 87.5 cm³/mol. The Morgan fingerprint density at radius 1 is 0.857 bits per heavy atom. The van der Waals surface area contributed by atoms with E-state index in [1.807, 2.05) is 18.2 Å². The van der Waals surface area contributed by atoms with E-state index < -0.39 is 0 Å². The van der Waals surface area contributed by atoms with E-state index in [2.05, 4.69) is 31.2 Å². The fourth-order valence-corrected chi connectivity index (χ4v) is 3.03. The molecular weight excluding hydrogens is 283 g/mol. The molecule has 0 spiro atoms. The van der Waals surface area contributed by atoms with Crippen LogP contribution in [0.2, 0.25) is 0 Å². The topological polar surface area (TPSA) is 0 Å². The van der Waals surface area contributed by atoms with Crippen molar-refractivity contribution in [2.45, 2.75) is 19.2 Å². The summed E-state index contributed by atoms with van der Waals surface area (Å²) in [6.45, 7) is 3.85. The maximum absolute atomic E-state index is 13.4. The van der Waals surface area contributed by atoms with E-state index in [9.17, 15) is 4.39 Å². The second-order valence-electron chi connectivity index (χ2n) is 5.39. The van der Waals surface area contributed by atoms with Crippen LogP contribution in [0, 0.1) is 19.7 Å². The van der Waals surface area contributed by atoms with Gasteiger partial charge in [-0.2, -0.15) is 0 Å². The van der Waals surface area contributed by atoms with Crippen molar-refractivity contribution in [3.8, 4) is 0 Å². The highest BCUT2D eigenvalue weighted by molar-refractivity contribution is 6.23. The van der Waals surface area contributed by atoms with Crippen LogP contribution in [0.3, 0.4) is 0 Å². The number of alkyl halides is 1. The number of hydrogen-bond donors (Lipinski definition) is 0. The van der Waals surface area contributed by atoms with Crippen molar-refractivity contribution in [2.24, 2.45) is 0 Å². The highest BCUT2D eigenvalue weighted by atomic mass is 35.5. The van der Waals surface area contributed by atoms with E-state index in [4.69, 9.17) is 11.6 Å². The summed E-state index contributed by atoms with van der Waals surface area (Å²) >= 11 is 6.66. The Morgan fingerprint density at radius 3 is 2.29 bits per heavy atom. The average Bonchev–Trinajstić information content (AvgIpc) is 2.50. The van der Waals surface area contributed by atoms with Crippen LogP contribution >= 0.6 is 11.6 Å². The molecule has 3 rings (SSSR count). The number of aryl methyl sites for hydroxylation is 2. The monoisotopic (exact) mass is 298 g/mol. The first-order chi connectivity index (χ1) is 10.1. The van der Waals surface area contributed by atoms with Gasteiger partial charge < -0.3 is 0 Å². The summed E-state index contributed by atoms with van der Waals surface area (Å²) < 4.78 is 13.4. The number of rotatable bonds is 2. The average molecular weight is 299 g/mol. The number of hydrogen-bond acceptors (Lipinski definition) is 0. The Labute approximate surface area is 129 Å². The van der Waals surface area contributed by atoms with Crippen molar-refractivity contribution in [3.63, 3.8) is 0 Å². The van der Waals surface area contributed by atoms with E-state index in [0.717, 1.165) is 16.5 Å². The molecule has 0 aromatic heterocycles. The van der Waals surface area contributed by atoms with E-state index in [0.29, 0.717) is 5.56 Å². The summed E-state index contributed by atoms with van der Waals surface area (Å²) in [5, 5.41) is 2.08. The van der Waals surface area contributed by atoms with Gasteiger partial charge in [-0.1, -0.05) is 48.5 Å². The molecule has 0 aliphatic rings. The molecule has 1 unspecified atom stereocenters. The van der Waals surface area contributed by atoms with Crippen molar-refractivity contribution in [3.05, 3.63) is 82.7 Å². The molecule has 1 atom stereocenters. The van der Waals surface area contributed by atoms with Gasteiger partial charge in [0.25, 0.3) is 0 Å². The summed E-state index contributed by atoms with van der Waals surface area (Å²) in [4.78, 5) is 0. The zero-order valence-electron chi connectivity index (χ0n) is 12.0. The van der Waals surface area contributed by atoms with Crippen LogP contribution in [0.25, 0.3) is 10.8 Å². The van der Waals surface area contributed by atoms with Crippen LogP contribution in [0.1, 0.15) is 27.6 Å². The lowest BCUT2D eigenvalue weighted by atomic mass is 9.95. The highest BCUT2D eigenvalue weighted by Crippen LogP contribution is 2.35. The Hall–Kier alpha value is -1.86. The van der Waals surface area contributed by atoms with E-state index in [-0.39, 0.29) is 11.2 Å². The smallest absolute Gasteiger partial charge is 0.126 e. The highest BCUT2D eigenvalue weighted by Gasteiger charge is 2.15.